The summed E-state index contributed by atoms with van der Waals surface area (Å²) in [6.07, 6.45) is 1.46. The number of nitrogens with zero attached hydrogens (tertiary/aromatic N) is 2. The number of oxazole rings is 1. The first-order chi connectivity index (χ1) is 8.67. The molecule has 0 spiro atoms. The van der Waals surface area contributed by atoms with E-state index in [1.807, 2.05) is 0 Å². The molecule has 1 aromatic carbocycles. The van der Waals surface area contributed by atoms with Crippen molar-refractivity contribution in [2.75, 3.05) is 7.11 Å². The Morgan fingerprint density at radius 1 is 1.56 bits per heavy atom. The highest BCUT2D eigenvalue weighted by Gasteiger charge is 2.21. The number of rotatable bonds is 4. The summed E-state index contributed by atoms with van der Waals surface area (Å²) in [5, 5.41) is 10.9. The zero-order valence-corrected chi connectivity index (χ0v) is 9.62. The van der Waals surface area contributed by atoms with Crippen LogP contribution in [-0.4, -0.2) is 17.0 Å². The molecule has 2 N–H and O–H groups in total. The molecule has 0 aliphatic heterocycles. The average Bonchev–Trinajstić information content (AvgIpc) is 2.86. The van der Waals surface area contributed by atoms with Crippen LogP contribution in [0.15, 0.2) is 28.8 Å². The van der Waals surface area contributed by atoms with Gasteiger partial charge < -0.3 is 14.9 Å². The van der Waals surface area contributed by atoms with Crippen molar-refractivity contribution in [2.24, 2.45) is 5.73 Å². The third kappa shape index (κ3) is 2.03. The lowest BCUT2D eigenvalue weighted by Crippen LogP contribution is -1.96. The van der Waals surface area contributed by atoms with Gasteiger partial charge in [-0.1, -0.05) is 6.07 Å². The summed E-state index contributed by atoms with van der Waals surface area (Å²) in [4.78, 5) is 14.3. The number of nitrogens with two attached hydrogens (primary N) is 1. The number of benzene rings is 1. The van der Waals surface area contributed by atoms with E-state index in [0.717, 1.165) is 0 Å². The standard InChI is InChI=1S/C11H11N3O4/c1-17-11-7(3-2-4-8(11)14(15)16)9-6-13-10(5-12)18-9/h2-4,6H,5,12H2,1H3. The van der Waals surface area contributed by atoms with Gasteiger partial charge in [0.25, 0.3) is 0 Å². The Bertz CT molecular complexity index is 579. The normalized spacial score (nSPS) is 10.3. The topological polar surface area (TPSA) is 104 Å². The van der Waals surface area contributed by atoms with E-state index in [1.165, 1.54) is 19.4 Å². The molecular weight excluding hydrogens is 238 g/mol. The zero-order chi connectivity index (χ0) is 13.1. The minimum absolute atomic E-state index is 0.124. The summed E-state index contributed by atoms with van der Waals surface area (Å²) in [6.45, 7) is 0.164. The van der Waals surface area contributed by atoms with Crippen molar-refractivity contribution in [3.05, 3.63) is 40.4 Å². The van der Waals surface area contributed by atoms with E-state index in [1.54, 1.807) is 12.1 Å². The van der Waals surface area contributed by atoms with E-state index in [0.29, 0.717) is 17.2 Å². The fourth-order valence-corrected chi connectivity index (χ4v) is 1.61. The van der Waals surface area contributed by atoms with Crippen LogP contribution < -0.4 is 10.5 Å². The molecule has 7 heteroatoms. The highest BCUT2D eigenvalue weighted by atomic mass is 16.6. The molecule has 94 valence electrons. The van der Waals surface area contributed by atoms with Gasteiger partial charge in [0.15, 0.2) is 5.76 Å². The Labute approximate surface area is 102 Å². The van der Waals surface area contributed by atoms with Crippen molar-refractivity contribution in [1.29, 1.82) is 0 Å². The fraction of sp³-hybridized carbons (Fsp3) is 0.182. The van der Waals surface area contributed by atoms with E-state index in [2.05, 4.69) is 4.98 Å². The van der Waals surface area contributed by atoms with Gasteiger partial charge in [-0.05, 0) is 6.07 Å². The second-order valence-electron chi connectivity index (χ2n) is 3.44. The first-order valence-corrected chi connectivity index (χ1v) is 5.14. The molecule has 2 aromatic rings. The summed E-state index contributed by atoms with van der Waals surface area (Å²) in [5.41, 5.74) is 5.74. The van der Waals surface area contributed by atoms with Crippen LogP contribution in [0.3, 0.4) is 0 Å². The third-order valence-electron chi connectivity index (χ3n) is 2.39. The molecule has 0 bridgehead atoms. The zero-order valence-electron chi connectivity index (χ0n) is 9.62. The molecule has 1 heterocycles. The highest BCUT2D eigenvalue weighted by Crippen LogP contribution is 2.37. The number of methoxy groups -OCH3 is 1. The minimum Gasteiger partial charge on any atom is -0.490 e. The van der Waals surface area contributed by atoms with Gasteiger partial charge in [-0.15, -0.1) is 0 Å². The van der Waals surface area contributed by atoms with Crippen molar-refractivity contribution in [3.63, 3.8) is 0 Å². The van der Waals surface area contributed by atoms with E-state index in [-0.39, 0.29) is 18.0 Å². The number of para-hydroxylation sites is 1. The van der Waals surface area contributed by atoms with E-state index >= 15 is 0 Å². The highest BCUT2D eigenvalue weighted by molar-refractivity contribution is 5.71. The van der Waals surface area contributed by atoms with Crippen LogP contribution in [-0.2, 0) is 6.54 Å². The first-order valence-electron chi connectivity index (χ1n) is 5.14. The van der Waals surface area contributed by atoms with Crippen LogP contribution in [0.5, 0.6) is 5.75 Å². The lowest BCUT2D eigenvalue weighted by atomic mass is 10.1. The molecule has 0 aliphatic carbocycles. The quantitative estimate of drug-likeness (QED) is 0.653. The minimum atomic E-state index is -0.511. The van der Waals surface area contributed by atoms with Crippen molar-refractivity contribution >= 4 is 5.69 Å². The van der Waals surface area contributed by atoms with Crippen LogP contribution in [0.2, 0.25) is 0 Å². The molecule has 0 fully saturated rings. The maximum atomic E-state index is 10.9. The van der Waals surface area contributed by atoms with E-state index in [9.17, 15) is 10.1 Å². The number of hydrogen-bond acceptors (Lipinski definition) is 6. The van der Waals surface area contributed by atoms with Gasteiger partial charge in [0.1, 0.15) is 0 Å². The number of nitro groups is 1. The molecule has 7 nitrogen and oxygen atoms in total. The Hall–Kier alpha value is -2.41. The van der Waals surface area contributed by atoms with Gasteiger partial charge in [-0.2, -0.15) is 0 Å². The van der Waals surface area contributed by atoms with Gasteiger partial charge in [-0.25, -0.2) is 4.98 Å². The molecule has 2 rings (SSSR count). The second kappa shape index (κ2) is 4.84. The molecule has 0 saturated carbocycles. The Morgan fingerprint density at radius 2 is 2.33 bits per heavy atom. The maximum Gasteiger partial charge on any atom is 0.311 e. The summed E-state index contributed by atoms with van der Waals surface area (Å²) in [5.74, 6) is 0.886. The lowest BCUT2D eigenvalue weighted by molar-refractivity contribution is -0.385. The Kier molecular flexibility index (Phi) is 3.24. The molecule has 0 aliphatic rings. The molecule has 0 radical (unpaired) electrons. The third-order valence-corrected chi connectivity index (χ3v) is 2.39. The number of nitro benzene ring substituents is 1. The lowest BCUT2D eigenvalue weighted by Gasteiger charge is -2.05. The van der Waals surface area contributed by atoms with Gasteiger partial charge in [0.2, 0.25) is 11.6 Å². The Morgan fingerprint density at radius 3 is 2.89 bits per heavy atom. The molecule has 0 atom stereocenters. The van der Waals surface area contributed by atoms with Crippen molar-refractivity contribution < 1.29 is 14.1 Å². The van der Waals surface area contributed by atoms with Gasteiger partial charge in [-0.3, -0.25) is 10.1 Å². The summed E-state index contributed by atoms with van der Waals surface area (Å²) < 4.78 is 10.4. The van der Waals surface area contributed by atoms with Gasteiger partial charge in [0, 0.05) is 6.07 Å². The molecule has 18 heavy (non-hydrogen) atoms. The SMILES string of the molecule is COc1c(-c2cnc(CN)o2)cccc1[N+](=O)[O-]. The average molecular weight is 249 g/mol. The molecule has 0 unspecified atom stereocenters. The van der Waals surface area contributed by atoms with Crippen LogP contribution >= 0.6 is 0 Å². The monoisotopic (exact) mass is 249 g/mol. The number of ether oxygens (including phenoxy) is 1. The smallest absolute Gasteiger partial charge is 0.311 e. The second-order valence-corrected chi connectivity index (χ2v) is 3.44. The van der Waals surface area contributed by atoms with Crippen molar-refractivity contribution in [1.82, 2.24) is 4.98 Å². The van der Waals surface area contributed by atoms with Gasteiger partial charge >= 0.3 is 5.69 Å². The summed E-state index contributed by atoms with van der Waals surface area (Å²) >= 11 is 0. The van der Waals surface area contributed by atoms with Crippen LogP contribution in [0, 0.1) is 10.1 Å². The fourth-order valence-electron chi connectivity index (χ4n) is 1.61. The van der Waals surface area contributed by atoms with Gasteiger partial charge in [0.05, 0.1) is 30.3 Å². The van der Waals surface area contributed by atoms with E-state index in [4.69, 9.17) is 14.9 Å². The van der Waals surface area contributed by atoms with Crippen LogP contribution in [0.4, 0.5) is 5.69 Å². The maximum absolute atomic E-state index is 10.9. The predicted octanol–water partition coefficient (Wildman–Crippen LogP) is 1.72. The van der Waals surface area contributed by atoms with Crippen LogP contribution in [0.25, 0.3) is 11.3 Å². The largest absolute Gasteiger partial charge is 0.490 e. The van der Waals surface area contributed by atoms with Crippen molar-refractivity contribution in [2.45, 2.75) is 6.54 Å². The molecule has 0 amide bonds. The molecular formula is C11H11N3O4. The molecule has 0 saturated heterocycles. The Balaban J connectivity index is 2.56. The summed E-state index contributed by atoms with van der Waals surface area (Å²) in [7, 11) is 1.37. The first kappa shape index (κ1) is 12.1. The predicted molar refractivity (Wildman–Crippen MR) is 63.0 cm³/mol. The number of hydrogen-bond donors (Lipinski definition) is 1. The van der Waals surface area contributed by atoms with E-state index < -0.39 is 4.92 Å². The number of aromatic nitrogens is 1. The summed E-state index contributed by atoms with van der Waals surface area (Å²) in [6, 6.07) is 4.58. The van der Waals surface area contributed by atoms with Crippen LogP contribution in [0.1, 0.15) is 5.89 Å². The molecule has 1 aromatic heterocycles. The van der Waals surface area contributed by atoms with Crippen molar-refractivity contribution in [3.8, 4) is 17.1 Å².